The van der Waals surface area contributed by atoms with Gasteiger partial charge in [-0.2, -0.15) is 0 Å². The largest absolute Gasteiger partial charge is 0.457 e. The molecule has 0 aliphatic carbocycles. The Balaban J connectivity index is 1.11. The van der Waals surface area contributed by atoms with Gasteiger partial charge in [0.1, 0.15) is 23.0 Å². The molecule has 302 valence electrons. The Hall–Kier alpha value is -7.70. The minimum absolute atomic E-state index is 0.347. The average Bonchev–Trinajstić information content (AvgIpc) is 4.01. The molecule has 0 atom stereocenters. The fourth-order valence-corrected chi connectivity index (χ4v) is 10.8. The standard InChI is InChI=1S/C57H43N5O/c1-33(2)36-19-14-20-37(34(3)4)54(36)50-32-59-57-55-40(38-17-8-11-22-47(38)61(50)57)24-26-51-44(55)30-45-52(63-51)27-25-41-43-29-42-39-18-9-10-21-46(39)60(35-15-6-5-7-16-35)48(42)31-49(43)62(56(41)45)53-23-12-13-28-58-53/h5-29,31-34H,30H2,1-4H3. The first-order valence-corrected chi connectivity index (χ1v) is 22.1. The van der Waals surface area contributed by atoms with Crippen molar-refractivity contribution in [2.24, 2.45) is 0 Å². The van der Waals surface area contributed by atoms with E-state index >= 15 is 0 Å². The summed E-state index contributed by atoms with van der Waals surface area (Å²) in [5.41, 5.74) is 15.2. The van der Waals surface area contributed by atoms with Crippen LogP contribution >= 0.6 is 0 Å². The Labute approximate surface area is 364 Å². The number of fused-ring (bicyclic) bond motifs is 16. The van der Waals surface area contributed by atoms with Gasteiger partial charge in [0.15, 0.2) is 0 Å². The van der Waals surface area contributed by atoms with Gasteiger partial charge in [0.2, 0.25) is 0 Å². The van der Waals surface area contributed by atoms with Gasteiger partial charge in [-0.15, -0.1) is 0 Å². The van der Waals surface area contributed by atoms with Gasteiger partial charge in [-0.3, -0.25) is 8.97 Å². The van der Waals surface area contributed by atoms with Crippen molar-refractivity contribution in [2.45, 2.75) is 46.0 Å². The van der Waals surface area contributed by atoms with Crippen molar-refractivity contribution in [3.8, 4) is 34.3 Å². The van der Waals surface area contributed by atoms with Gasteiger partial charge in [-0.05, 0) is 101 Å². The maximum Gasteiger partial charge on any atom is 0.146 e. The second-order valence-electron chi connectivity index (χ2n) is 17.7. The predicted octanol–water partition coefficient (Wildman–Crippen LogP) is 14.8. The van der Waals surface area contributed by atoms with Crippen LogP contribution in [0.5, 0.6) is 11.5 Å². The molecule has 1 aliphatic rings. The number of para-hydroxylation sites is 3. The number of pyridine rings is 2. The highest BCUT2D eigenvalue weighted by Crippen LogP contribution is 2.49. The van der Waals surface area contributed by atoms with Crippen molar-refractivity contribution in [3.05, 3.63) is 186 Å². The van der Waals surface area contributed by atoms with Crippen molar-refractivity contribution >= 4 is 70.9 Å². The van der Waals surface area contributed by atoms with Gasteiger partial charge in [0, 0.05) is 67.3 Å². The van der Waals surface area contributed by atoms with E-state index in [1.165, 1.54) is 54.5 Å². The highest BCUT2D eigenvalue weighted by molar-refractivity contribution is 6.20. The molecule has 6 heteroatoms. The zero-order chi connectivity index (χ0) is 42.1. The van der Waals surface area contributed by atoms with Crippen molar-refractivity contribution in [2.75, 3.05) is 0 Å². The molecular weight excluding hydrogens is 771 g/mol. The molecule has 13 rings (SSSR count). The van der Waals surface area contributed by atoms with Crippen LogP contribution in [0, 0.1) is 0 Å². The van der Waals surface area contributed by atoms with E-state index in [9.17, 15) is 0 Å². The fraction of sp³-hybridized carbons (Fsp3) is 0.123. The molecule has 0 radical (unpaired) electrons. The van der Waals surface area contributed by atoms with Gasteiger partial charge in [0.05, 0.1) is 39.5 Å². The van der Waals surface area contributed by atoms with Crippen LogP contribution in [0.15, 0.2) is 164 Å². The highest BCUT2D eigenvalue weighted by atomic mass is 16.5. The van der Waals surface area contributed by atoms with Crippen LogP contribution in [0.1, 0.15) is 61.8 Å². The third kappa shape index (κ3) is 5.06. The van der Waals surface area contributed by atoms with Crippen molar-refractivity contribution in [3.63, 3.8) is 0 Å². The summed E-state index contributed by atoms with van der Waals surface area (Å²) < 4.78 is 14.2. The van der Waals surface area contributed by atoms with E-state index in [2.05, 4.69) is 193 Å². The number of ether oxygens (including phenoxy) is 1. The van der Waals surface area contributed by atoms with Gasteiger partial charge >= 0.3 is 0 Å². The number of hydrogen-bond donors (Lipinski definition) is 0. The fourth-order valence-electron chi connectivity index (χ4n) is 10.8. The van der Waals surface area contributed by atoms with E-state index in [-0.39, 0.29) is 0 Å². The molecule has 1 aliphatic heterocycles. The molecule has 6 heterocycles. The average molecular weight is 814 g/mol. The van der Waals surface area contributed by atoms with E-state index in [0.717, 1.165) is 72.9 Å². The summed E-state index contributed by atoms with van der Waals surface area (Å²) in [5.74, 6) is 3.30. The molecule has 63 heavy (non-hydrogen) atoms. The first kappa shape index (κ1) is 36.0. The quantitative estimate of drug-likeness (QED) is 0.163. The lowest BCUT2D eigenvalue weighted by molar-refractivity contribution is 0.462. The van der Waals surface area contributed by atoms with Gasteiger partial charge in [-0.25, -0.2) is 9.97 Å². The maximum absolute atomic E-state index is 7.06. The summed E-state index contributed by atoms with van der Waals surface area (Å²) >= 11 is 0. The van der Waals surface area contributed by atoms with Gasteiger partial charge in [0.25, 0.3) is 0 Å². The molecule has 0 bridgehead atoms. The van der Waals surface area contributed by atoms with E-state index in [1.807, 2.05) is 12.3 Å². The molecular formula is C57H43N5O. The zero-order valence-electron chi connectivity index (χ0n) is 35.6. The lowest BCUT2D eigenvalue weighted by atomic mass is 9.87. The molecule has 0 amide bonds. The number of hydrogen-bond acceptors (Lipinski definition) is 3. The van der Waals surface area contributed by atoms with Crippen molar-refractivity contribution in [1.82, 2.24) is 23.5 Å². The van der Waals surface area contributed by atoms with Crippen molar-refractivity contribution in [1.29, 1.82) is 0 Å². The third-order valence-electron chi connectivity index (χ3n) is 13.6. The second-order valence-corrected chi connectivity index (χ2v) is 17.7. The molecule has 5 aromatic heterocycles. The summed E-state index contributed by atoms with van der Waals surface area (Å²) in [5, 5.41) is 8.30. The third-order valence-corrected chi connectivity index (χ3v) is 13.6. The first-order valence-electron chi connectivity index (χ1n) is 22.1. The predicted molar refractivity (Wildman–Crippen MR) is 260 cm³/mol. The number of imidazole rings is 1. The summed E-state index contributed by atoms with van der Waals surface area (Å²) in [4.78, 5) is 10.4. The smallest absolute Gasteiger partial charge is 0.146 e. The molecule has 0 fully saturated rings. The molecule has 0 saturated carbocycles. The number of aromatic nitrogens is 5. The van der Waals surface area contributed by atoms with E-state index < -0.39 is 0 Å². The van der Waals surface area contributed by atoms with Crippen LogP contribution in [-0.2, 0) is 6.42 Å². The monoisotopic (exact) mass is 813 g/mol. The molecule has 6 nitrogen and oxygen atoms in total. The minimum atomic E-state index is 0.347. The Morgan fingerprint density at radius 3 is 1.90 bits per heavy atom. The summed E-state index contributed by atoms with van der Waals surface area (Å²) in [6, 6.07) is 54.8. The first-order chi connectivity index (χ1) is 30.9. The van der Waals surface area contributed by atoms with Crippen LogP contribution in [0.4, 0.5) is 0 Å². The van der Waals surface area contributed by atoms with Crippen LogP contribution in [0.3, 0.4) is 0 Å². The molecule has 0 unspecified atom stereocenters. The Morgan fingerprint density at radius 1 is 0.508 bits per heavy atom. The highest BCUT2D eigenvalue weighted by Gasteiger charge is 2.29. The molecule has 12 aromatic rings. The summed E-state index contributed by atoms with van der Waals surface area (Å²) in [6.07, 6.45) is 4.66. The van der Waals surface area contributed by atoms with Crippen LogP contribution < -0.4 is 4.74 Å². The number of rotatable bonds is 5. The van der Waals surface area contributed by atoms with E-state index in [0.29, 0.717) is 18.3 Å². The SMILES string of the molecule is CC(C)c1cccc(C(C)C)c1-c1cnc2c3c4c(ccc3c3ccccc3n12)Oc1ccc2c3cc5c6ccccc6n(-c6ccccc6)c5cc3n(-c3ccccn3)c2c1C4. The molecule has 0 spiro atoms. The van der Waals surface area contributed by atoms with Gasteiger partial charge < -0.3 is 9.30 Å². The van der Waals surface area contributed by atoms with Crippen LogP contribution in [0.2, 0.25) is 0 Å². The Kier molecular flexibility index (Phi) is 7.66. The molecule has 0 saturated heterocycles. The molecule has 0 N–H and O–H groups in total. The Bertz CT molecular complexity index is 3830. The van der Waals surface area contributed by atoms with Crippen LogP contribution in [0.25, 0.3) is 93.7 Å². The lowest BCUT2D eigenvalue weighted by Gasteiger charge is -2.24. The number of benzene rings is 7. The minimum Gasteiger partial charge on any atom is -0.457 e. The van der Waals surface area contributed by atoms with Gasteiger partial charge in [-0.1, -0.05) is 107 Å². The Morgan fingerprint density at radius 2 is 1.16 bits per heavy atom. The number of nitrogens with zero attached hydrogens (tertiary/aromatic N) is 5. The van der Waals surface area contributed by atoms with Crippen LogP contribution in [-0.4, -0.2) is 23.5 Å². The summed E-state index contributed by atoms with van der Waals surface area (Å²) in [7, 11) is 0. The lowest BCUT2D eigenvalue weighted by Crippen LogP contribution is -2.08. The second kappa shape index (κ2) is 13.4. The summed E-state index contributed by atoms with van der Waals surface area (Å²) in [6.45, 7) is 9.17. The topological polar surface area (TPSA) is 49.3 Å². The zero-order valence-corrected chi connectivity index (χ0v) is 35.6. The normalized spacial score (nSPS) is 12.8. The van der Waals surface area contributed by atoms with E-state index in [4.69, 9.17) is 14.7 Å². The van der Waals surface area contributed by atoms with E-state index in [1.54, 1.807) is 0 Å². The maximum atomic E-state index is 7.06. The van der Waals surface area contributed by atoms with Crippen molar-refractivity contribution < 1.29 is 4.74 Å². The molecule has 7 aromatic carbocycles.